The molecule has 0 fully saturated rings. The second-order valence-electron chi connectivity index (χ2n) is 6.50. The van der Waals surface area contributed by atoms with Gasteiger partial charge in [-0.05, 0) is 49.6 Å². The molecule has 1 aliphatic carbocycles. The van der Waals surface area contributed by atoms with Gasteiger partial charge in [-0.2, -0.15) is 0 Å². The molecule has 3 heterocycles. The third-order valence-corrected chi connectivity index (χ3v) is 6.70. The molecule has 0 unspecified atom stereocenters. The molecule has 146 valence electrons. The smallest absolute Gasteiger partial charge is 0.341 e. The highest BCUT2D eigenvalue weighted by Crippen LogP contribution is 2.33. The fraction of sp³-hybridized carbons (Fsp3) is 0.368. The van der Waals surface area contributed by atoms with Crippen LogP contribution in [0.2, 0.25) is 0 Å². The van der Waals surface area contributed by atoms with Crippen LogP contribution in [0.5, 0.6) is 0 Å². The highest BCUT2D eigenvalue weighted by atomic mass is 32.1. The Labute approximate surface area is 169 Å². The molecule has 3 aromatic heterocycles. The lowest BCUT2D eigenvalue weighted by Gasteiger charge is -2.10. The predicted octanol–water partition coefficient (Wildman–Crippen LogP) is 3.21. The lowest BCUT2D eigenvalue weighted by atomic mass is 9.97. The summed E-state index contributed by atoms with van der Waals surface area (Å²) in [7, 11) is 0. The molecule has 0 bridgehead atoms. The molecule has 0 aliphatic heterocycles. The van der Waals surface area contributed by atoms with Gasteiger partial charge in [0.25, 0.3) is 5.56 Å². The molecule has 9 heteroatoms. The van der Waals surface area contributed by atoms with Gasteiger partial charge in [-0.1, -0.05) is 0 Å². The molecule has 0 spiro atoms. The number of anilines is 1. The van der Waals surface area contributed by atoms with Gasteiger partial charge >= 0.3 is 5.97 Å². The lowest BCUT2D eigenvalue weighted by Crippen LogP contribution is -2.28. The molecule has 0 saturated heterocycles. The van der Waals surface area contributed by atoms with Crippen molar-refractivity contribution in [3.05, 3.63) is 44.1 Å². The molecular formula is C19H19N3O4S2. The Balaban J connectivity index is 1.57. The van der Waals surface area contributed by atoms with E-state index < -0.39 is 5.97 Å². The first-order valence-electron chi connectivity index (χ1n) is 9.12. The van der Waals surface area contributed by atoms with E-state index in [-0.39, 0.29) is 24.6 Å². The summed E-state index contributed by atoms with van der Waals surface area (Å²) in [4.78, 5) is 43.8. The van der Waals surface area contributed by atoms with Crippen LogP contribution in [0, 0.1) is 0 Å². The summed E-state index contributed by atoms with van der Waals surface area (Å²) in [5.74, 6) is -0.871. The third kappa shape index (κ3) is 3.47. The number of thiophene rings is 2. The van der Waals surface area contributed by atoms with E-state index in [1.54, 1.807) is 29.7 Å². The number of amides is 1. The number of fused-ring (bicyclic) bond motifs is 3. The number of hydrogen-bond donors (Lipinski definition) is 1. The van der Waals surface area contributed by atoms with E-state index in [1.165, 1.54) is 27.1 Å². The van der Waals surface area contributed by atoms with Crippen LogP contribution in [0.4, 0.5) is 5.00 Å². The summed E-state index contributed by atoms with van der Waals surface area (Å²) >= 11 is 2.82. The standard InChI is InChI=1S/C19H19N3O4S2/c1-2-26-19(25)12-7-8-27-16(12)21-14(23)9-22-10-20-17-15(18(22)24)11-5-3-4-6-13(11)28-17/h7-8,10H,2-6,9H2,1H3,(H,21,23). The van der Waals surface area contributed by atoms with E-state index in [2.05, 4.69) is 10.3 Å². The fourth-order valence-electron chi connectivity index (χ4n) is 3.39. The number of hydrogen-bond acceptors (Lipinski definition) is 7. The van der Waals surface area contributed by atoms with E-state index in [0.29, 0.717) is 16.0 Å². The zero-order chi connectivity index (χ0) is 19.7. The van der Waals surface area contributed by atoms with E-state index in [1.807, 2.05) is 0 Å². The average Bonchev–Trinajstić information content (AvgIpc) is 3.28. The van der Waals surface area contributed by atoms with Gasteiger partial charge in [0, 0.05) is 4.88 Å². The molecule has 1 N–H and O–H groups in total. The van der Waals surface area contributed by atoms with E-state index in [4.69, 9.17) is 4.74 Å². The Bertz CT molecular complexity index is 1110. The first-order valence-corrected chi connectivity index (χ1v) is 10.8. The van der Waals surface area contributed by atoms with Gasteiger partial charge in [0.2, 0.25) is 5.91 Å². The number of rotatable bonds is 5. The van der Waals surface area contributed by atoms with E-state index in [0.717, 1.165) is 36.1 Å². The lowest BCUT2D eigenvalue weighted by molar-refractivity contribution is -0.116. The normalized spacial score (nSPS) is 13.3. The molecule has 1 amide bonds. The van der Waals surface area contributed by atoms with Crippen molar-refractivity contribution in [2.45, 2.75) is 39.2 Å². The van der Waals surface area contributed by atoms with E-state index in [9.17, 15) is 14.4 Å². The van der Waals surface area contributed by atoms with Crippen molar-refractivity contribution in [3.63, 3.8) is 0 Å². The number of esters is 1. The van der Waals surface area contributed by atoms with Crippen LogP contribution in [-0.4, -0.2) is 28.0 Å². The zero-order valence-electron chi connectivity index (χ0n) is 15.3. The van der Waals surface area contributed by atoms with E-state index >= 15 is 0 Å². The molecule has 1 aliphatic rings. The number of ether oxygens (including phenoxy) is 1. The second kappa shape index (κ2) is 7.84. The van der Waals surface area contributed by atoms with Gasteiger partial charge in [-0.25, -0.2) is 9.78 Å². The maximum atomic E-state index is 12.9. The van der Waals surface area contributed by atoms with Gasteiger partial charge in [0.05, 0.1) is 23.9 Å². The Kier molecular flexibility index (Phi) is 5.27. The summed E-state index contributed by atoms with van der Waals surface area (Å²) < 4.78 is 6.32. The number of aryl methyl sites for hydroxylation is 2. The SMILES string of the molecule is CCOC(=O)c1ccsc1NC(=O)Cn1cnc2sc3c(c2c1=O)CCCC3. The minimum atomic E-state index is -0.482. The van der Waals surface area contributed by atoms with Crippen LogP contribution in [0.1, 0.15) is 40.6 Å². The maximum absolute atomic E-state index is 12.9. The topological polar surface area (TPSA) is 90.3 Å². The van der Waals surface area contributed by atoms with Crippen molar-refractivity contribution in [3.8, 4) is 0 Å². The number of aromatic nitrogens is 2. The highest BCUT2D eigenvalue weighted by molar-refractivity contribution is 7.18. The van der Waals surface area contributed by atoms with Crippen LogP contribution >= 0.6 is 22.7 Å². The largest absolute Gasteiger partial charge is 0.462 e. The van der Waals surface area contributed by atoms with Gasteiger partial charge in [-0.15, -0.1) is 22.7 Å². The Morgan fingerprint density at radius 2 is 2.14 bits per heavy atom. The first-order chi connectivity index (χ1) is 13.6. The Hall–Kier alpha value is -2.52. The summed E-state index contributed by atoms with van der Waals surface area (Å²) in [6.45, 7) is 1.82. The minimum absolute atomic E-state index is 0.160. The number of nitrogens with one attached hydrogen (secondary N) is 1. The monoisotopic (exact) mass is 417 g/mol. The van der Waals surface area contributed by atoms with Crippen LogP contribution in [-0.2, 0) is 28.9 Å². The minimum Gasteiger partial charge on any atom is -0.462 e. The van der Waals surface area contributed by atoms with Crippen molar-refractivity contribution in [2.75, 3.05) is 11.9 Å². The molecule has 0 radical (unpaired) electrons. The summed E-state index contributed by atoms with van der Waals surface area (Å²) in [5.41, 5.74) is 1.23. The molecule has 3 aromatic rings. The molecule has 0 saturated carbocycles. The third-order valence-electron chi connectivity index (χ3n) is 4.67. The maximum Gasteiger partial charge on any atom is 0.341 e. The van der Waals surface area contributed by atoms with Crippen molar-refractivity contribution in [2.24, 2.45) is 0 Å². The highest BCUT2D eigenvalue weighted by Gasteiger charge is 2.21. The average molecular weight is 418 g/mol. The van der Waals surface area contributed by atoms with Crippen LogP contribution in [0.25, 0.3) is 10.2 Å². The predicted molar refractivity (Wildman–Crippen MR) is 109 cm³/mol. The molecule has 0 atom stereocenters. The Morgan fingerprint density at radius 3 is 2.96 bits per heavy atom. The fourth-order valence-corrected chi connectivity index (χ4v) is 5.40. The first kappa shape index (κ1) is 18.8. The molecule has 28 heavy (non-hydrogen) atoms. The van der Waals surface area contributed by atoms with Gasteiger partial charge in [0.1, 0.15) is 16.4 Å². The van der Waals surface area contributed by atoms with Gasteiger partial charge in [-0.3, -0.25) is 14.2 Å². The zero-order valence-corrected chi connectivity index (χ0v) is 17.0. The van der Waals surface area contributed by atoms with Gasteiger partial charge in [0.15, 0.2) is 0 Å². The quantitative estimate of drug-likeness (QED) is 0.644. The number of carbonyl (C=O) groups is 2. The van der Waals surface area contributed by atoms with Crippen LogP contribution < -0.4 is 10.9 Å². The molecule has 4 rings (SSSR count). The summed E-state index contributed by atoms with van der Waals surface area (Å²) in [5, 5.41) is 5.48. The number of carbonyl (C=O) groups excluding carboxylic acids is 2. The number of nitrogens with zero attached hydrogens (tertiary/aromatic N) is 2. The molecule has 0 aromatic carbocycles. The van der Waals surface area contributed by atoms with Crippen molar-refractivity contribution in [1.29, 1.82) is 0 Å². The van der Waals surface area contributed by atoms with Crippen molar-refractivity contribution >= 4 is 49.8 Å². The molecule has 7 nitrogen and oxygen atoms in total. The second-order valence-corrected chi connectivity index (χ2v) is 8.50. The van der Waals surface area contributed by atoms with Crippen molar-refractivity contribution in [1.82, 2.24) is 9.55 Å². The summed E-state index contributed by atoms with van der Waals surface area (Å²) in [6.07, 6.45) is 5.52. The summed E-state index contributed by atoms with van der Waals surface area (Å²) in [6, 6.07) is 1.61. The molecular weight excluding hydrogens is 398 g/mol. The van der Waals surface area contributed by atoms with Crippen LogP contribution in [0.3, 0.4) is 0 Å². The van der Waals surface area contributed by atoms with Crippen LogP contribution in [0.15, 0.2) is 22.6 Å². The van der Waals surface area contributed by atoms with Crippen molar-refractivity contribution < 1.29 is 14.3 Å². The van der Waals surface area contributed by atoms with Gasteiger partial charge < -0.3 is 10.1 Å². The Morgan fingerprint density at radius 1 is 1.32 bits per heavy atom.